The number of sulfone groups is 1. The standard InChI is InChI=1S/C19H24N2O5S2/c1-25-13-28(23,24)16-4-2-15(3-5-16)17(12-14-6-9-26-10-7-14)18(22)21-19-20-8-11-27-19/h2-5,8,11,14,17H,6-7,9-10,12-13H2,1H3,(H,20,21,22). The molecule has 152 valence electrons. The molecule has 1 amide bonds. The Labute approximate surface area is 169 Å². The fourth-order valence-electron chi connectivity index (χ4n) is 3.32. The number of hydrogen-bond donors (Lipinski definition) is 1. The van der Waals surface area contributed by atoms with Crippen molar-refractivity contribution < 1.29 is 22.7 Å². The van der Waals surface area contributed by atoms with Gasteiger partial charge in [0.05, 0.1) is 10.8 Å². The summed E-state index contributed by atoms with van der Waals surface area (Å²) in [6.07, 6.45) is 4.16. The summed E-state index contributed by atoms with van der Waals surface area (Å²) in [5.74, 6) is -0.500. The maximum Gasteiger partial charge on any atom is 0.233 e. The third-order valence-corrected chi connectivity index (χ3v) is 7.03. The quantitative estimate of drug-likeness (QED) is 0.700. The number of aromatic nitrogens is 1. The first-order valence-electron chi connectivity index (χ1n) is 9.09. The van der Waals surface area contributed by atoms with E-state index in [0.717, 1.165) is 18.4 Å². The van der Waals surface area contributed by atoms with Crippen LogP contribution < -0.4 is 5.32 Å². The van der Waals surface area contributed by atoms with Crippen molar-refractivity contribution in [1.82, 2.24) is 4.98 Å². The molecule has 9 heteroatoms. The van der Waals surface area contributed by atoms with E-state index in [4.69, 9.17) is 9.47 Å². The zero-order chi connectivity index (χ0) is 20.0. The zero-order valence-electron chi connectivity index (χ0n) is 15.7. The number of hydrogen-bond acceptors (Lipinski definition) is 7. The molecule has 0 radical (unpaired) electrons. The highest BCUT2D eigenvalue weighted by atomic mass is 32.2. The van der Waals surface area contributed by atoms with Crippen LogP contribution in [-0.4, -0.2) is 45.6 Å². The number of nitrogens with zero attached hydrogens (tertiary/aromatic N) is 1. The second-order valence-corrected chi connectivity index (χ2v) is 9.59. The van der Waals surface area contributed by atoms with Gasteiger partial charge in [0.1, 0.15) is 0 Å². The molecule has 2 heterocycles. The summed E-state index contributed by atoms with van der Waals surface area (Å²) in [7, 11) is -2.14. The first-order chi connectivity index (χ1) is 13.5. The van der Waals surface area contributed by atoms with Gasteiger partial charge in [-0.2, -0.15) is 0 Å². The summed E-state index contributed by atoms with van der Waals surface area (Å²) in [5, 5.41) is 5.24. The first kappa shape index (κ1) is 20.9. The van der Waals surface area contributed by atoms with Crippen LogP contribution in [0.1, 0.15) is 30.7 Å². The van der Waals surface area contributed by atoms with Crippen molar-refractivity contribution in [3.63, 3.8) is 0 Å². The van der Waals surface area contributed by atoms with E-state index in [0.29, 0.717) is 30.7 Å². The molecular formula is C19H24N2O5S2. The Kier molecular flexibility index (Phi) is 7.17. The molecule has 1 aromatic heterocycles. The van der Waals surface area contributed by atoms with Crippen molar-refractivity contribution in [2.24, 2.45) is 5.92 Å². The van der Waals surface area contributed by atoms with Crippen LogP contribution in [0.4, 0.5) is 5.13 Å². The largest absolute Gasteiger partial charge is 0.381 e. The van der Waals surface area contributed by atoms with Crippen LogP contribution >= 0.6 is 11.3 Å². The summed E-state index contributed by atoms with van der Waals surface area (Å²) in [6, 6.07) is 6.51. The van der Waals surface area contributed by atoms with Gasteiger partial charge in [-0.1, -0.05) is 12.1 Å². The molecule has 1 unspecified atom stereocenters. The molecule has 1 fully saturated rings. The maximum atomic E-state index is 13.0. The van der Waals surface area contributed by atoms with E-state index < -0.39 is 9.84 Å². The lowest BCUT2D eigenvalue weighted by molar-refractivity contribution is -0.118. The van der Waals surface area contributed by atoms with Gasteiger partial charge in [0, 0.05) is 31.9 Å². The van der Waals surface area contributed by atoms with Crippen molar-refractivity contribution in [1.29, 1.82) is 0 Å². The van der Waals surface area contributed by atoms with E-state index in [1.54, 1.807) is 23.7 Å². The Hall–Kier alpha value is -1.81. The van der Waals surface area contributed by atoms with Crippen molar-refractivity contribution in [3.8, 4) is 0 Å². The van der Waals surface area contributed by atoms with Gasteiger partial charge in [-0.15, -0.1) is 11.3 Å². The lowest BCUT2D eigenvalue weighted by Crippen LogP contribution is -2.26. The van der Waals surface area contributed by atoms with Crippen LogP contribution in [-0.2, 0) is 24.1 Å². The minimum absolute atomic E-state index is 0.131. The van der Waals surface area contributed by atoms with Gasteiger partial charge in [0.15, 0.2) is 11.1 Å². The second-order valence-electron chi connectivity index (χ2n) is 6.76. The Morgan fingerprint density at radius 2 is 2.04 bits per heavy atom. The molecule has 1 N–H and O–H groups in total. The lowest BCUT2D eigenvalue weighted by Gasteiger charge is -2.26. The molecule has 28 heavy (non-hydrogen) atoms. The van der Waals surface area contributed by atoms with Crippen LogP contribution in [0.25, 0.3) is 0 Å². The van der Waals surface area contributed by atoms with Crippen LogP contribution in [0.5, 0.6) is 0 Å². The van der Waals surface area contributed by atoms with Crippen molar-refractivity contribution >= 4 is 32.2 Å². The number of amides is 1. The van der Waals surface area contributed by atoms with Crippen molar-refractivity contribution in [2.45, 2.75) is 30.1 Å². The average Bonchev–Trinajstić information content (AvgIpc) is 3.20. The monoisotopic (exact) mass is 424 g/mol. The Morgan fingerprint density at radius 3 is 2.64 bits per heavy atom. The van der Waals surface area contributed by atoms with Crippen molar-refractivity contribution in [3.05, 3.63) is 41.4 Å². The Balaban J connectivity index is 1.81. The molecule has 1 saturated heterocycles. The van der Waals surface area contributed by atoms with Crippen molar-refractivity contribution in [2.75, 3.05) is 31.6 Å². The lowest BCUT2D eigenvalue weighted by atomic mass is 9.84. The van der Waals surface area contributed by atoms with Gasteiger partial charge in [0.25, 0.3) is 0 Å². The smallest absolute Gasteiger partial charge is 0.233 e. The topological polar surface area (TPSA) is 94.6 Å². The molecule has 0 aliphatic carbocycles. The number of anilines is 1. The predicted molar refractivity (Wildman–Crippen MR) is 107 cm³/mol. The zero-order valence-corrected chi connectivity index (χ0v) is 17.3. The highest BCUT2D eigenvalue weighted by Gasteiger charge is 2.27. The number of rotatable bonds is 8. The van der Waals surface area contributed by atoms with E-state index in [1.807, 2.05) is 0 Å². The number of nitrogens with one attached hydrogen (secondary N) is 1. The molecule has 0 saturated carbocycles. The first-order valence-corrected chi connectivity index (χ1v) is 11.6. The van der Waals surface area contributed by atoms with Gasteiger partial charge in [0.2, 0.25) is 15.7 Å². The molecule has 3 rings (SSSR count). The highest BCUT2D eigenvalue weighted by Crippen LogP contribution is 2.31. The van der Waals surface area contributed by atoms with Gasteiger partial charge in [-0.05, 0) is 42.9 Å². The van der Waals surface area contributed by atoms with E-state index >= 15 is 0 Å². The molecule has 1 aliphatic rings. The number of carbonyl (C=O) groups is 1. The molecule has 7 nitrogen and oxygen atoms in total. The molecule has 1 aromatic carbocycles. The molecule has 2 aromatic rings. The maximum absolute atomic E-state index is 13.0. The third-order valence-electron chi connectivity index (χ3n) is 4.80. The highest BCUT2D eigenvalue weighted by molar-refractivity contribution is 7.91. The summed E-state index contributed by atoms with van der Waals surface area (Å²) >= 11 is 1.36. The fourth-order valence-corrected chi connectivity index (χ4v) is 4.85. The van der Waals surface area contributed by atoms with Gasteiger partial charge in [-0.25, -0.2) is 13.4 Å². The van der Waals surface area contributed by atoms with E-state index in [9.17, 15) is 13.2 Å². The van der Waals surface area contributed by atoms with Crippen LogP contribution in [0.15, 0.2) is 40.7 Å². The second kappa shape index (κ2) is 9.60. The number of methoxy groups -OCH3 is 1. The molecule has 0 bridgehead atoms. The SMILES string of the molecule is COCS(=O)(=O)c1ccc(C(CC2CCOCC2)C(=O)Nc2nccs2)cc1. The van der Waals surface area contributed by atoms with Crippen LogP contribution in [0.3, 0.4) is 0 Å². The molecular weight excluding hydrogens is 400 g/mol. The average molecular weight is 425 g/mol. The van der Waals surface area contributed by atoms with Crippen LogP contribution in [0, 0.1) is 5.92 Å². The number of thiazole rings is 1. The van der Waals surface area contributed by atoms with E-state index in [2.05, 4.69) is 10.3 Å². The van der Waals surface area contributed by atoms with Gasteiger partial charge < -0.3 is 14.8 Å². The Bertz CT molecular complexity index is 860. The number of ether oxygens (including phenoxy) is 2. The molecule has 1 aliphatic heterocycles. The van der Waals surface area contributed by atoms with E-state index in [1.165, 1.54) is 30.6 Å². The summed E-state index contributed by atoms with van der Waals surface area (Å²) in [5.41, 5.74) is 0.789. The summed E-state index contributed by atoms with van der Waals surface area (Å²) in [6.45, 7) is 1.42. The third kappa shape index (κ3) is 5.38. The van der Waals surface area contributed by atoms with Gasteiger partial charge >= 0.3 is 0 Å². The summed E-state index contributed by atoms with van der Waals surface area (Å²) < 4.78 is 34.5. The normalized spacial score (nSPS) is 16.6. The number of benzene rings is 1. The minimum atomic E-state index is -3.49. The molecule has 1 atom stereocenters. The summed E-state index contributed by atoms with van der Waals surface area (Å²) in [4.78, 5) is 17.3. The molecule has 0 spiro atoms. The number of carbonyl (C=O) groups excluding carboxylic acids is 1. The Morgan fingerprint density at radius 1 is 1.32 bits per heavy atom. The minimum Gasteiger partial charge on any atom is -0.381 e. The fraction of sp³-hybridized carbons (Fsp3) is 0.474. The van der Waals surface area contributed by atoms with Gasteiger partial charge in [-0.3, -0.25) is 4.79 Å². The van der Waals surface area contributed by atoms with Crippen LogP contribution in [0.2, 0.25) is 0 Å². The van der Waals surface area contributed by atoms with E-state index in [-0.39, 0.29) is 22.7 Å². The predicted octanol–water partition coefficient (Wildman–Crippen LogP) is 3.06.